The molecule has 2 saturated heterocycles. The first-order chi connectivity index (χ1) is 16.3. The van der Waals surface area contributed by atoms with Crippen molar-refractivity contribution >= 4 is 32.2 Å². The van der Waals surface area contributed by atoms with Crippen molar-refractivity contribution in [2.24, 2.45) is 0 Å². The van der Waals surface area contributed by atoms with Gasteiger partial charge in [0.15, 0.2) is 15.5 Å². The molecule has 4 aromatic rings. The van der Waals surface area contributed by atoms with Gasteiger partial charge in [0.25, 0.3) is 0 Å². The highest BCUT2D eigenvalue weighted by molar-refractivity contribution is 7.91. The number of nitrogens with zero attached hydrogens (tertiary/aromatic N) is 4. The van der Waals surface area contributed by atoms with Crippen molar-refractivity contribution in [2.45, 2.75) is 55.2 Å². The van der Waals surface area contributed by atoms with Crippen LogP contribution in [0.2, 0.25) is 0 Å². The monoisotopic (exact) mass is 478 g/mol. The van der Waals surface area contributed by atoms with Gasteiger partial charge in [0, 0.05) is 47.0 Å². The fourth-order valence-electron chi connectivity index (χ4n) is 5.57. The highest BCUT2D eigenvalue weighted by Crippen LogP contribution is 2.41. The SMILES string of the molecule is CS(=O)(=O)c1c(C2CC3CCC(C2)N3)nc2c(-c3cnc4cc(CO)ccc4c3)cnn2c1N. The maximum atomic E-state index is 12.8. The molecule has 2 bridgehead atoms. The largest absolute Gasteiger partial charge is 0.392 e. The molecule has 34 heavy (non-hydrogen) atoms. The van der Waals surface area contributed by atoms with E-state index >= 15 is 0 Å². The zero-order valence-electron chi connectivity index (χ0n) is 18.8. The third-order valence-electron chi connectivity index (χ3n) is 7.14. The summed E-state index contributed by atoms with van der Waals surface area (Å²) in [4.78, 5) is 9.57. The third-order valence-corrected chi connectivity index (χ3v) is 8.30. The number of nitrogen functional groups attached to an aromatic ring is 1. The predicted octanol–water partition coefficient (Wildman–Crippen LogP) is 2.42. The summed E-state index contributed by atoms with van der Waals surface area (Å²) in [7, 11) is -3.61. The number of anilines is 1. The molecule has 1 aromatic carbocycles. The van der Waals surface area contributed by atoms with Crippen LogP contribution in [-0.4, -0.2) is 51.4 Å². The molecule has 4 N–H and O–H groups in total. The van der Waals surface area contributed by atoms with Crippen LogP contribution in [-0.2, 0) is 16.4 Å². The highest BCUT2D eigenvalue weighted by atomic mass is 32.2. The quantitative estimate of drug-likeness (QED) is 0.407. The molecule has 2 fully saturated rings. The summed E-state index contributed by atoms with van der Waals surface area (Å²) in [6.07, 6.45) is 8.48. The van der Waals surface area contributed by atoms with Gasteiger partial charge in [0.05, 0.1) is 24.0 Å². The molecule has 9 nitrogen and oxygen atoms in total. The molecule has 6 rings (SSSR count). The maximum absolute atomic E-state index is 12.8. The Bertz CT molecular complexity index is 1540. The minimum absolute atomic E-state index is 0.0187. The first-order valence-corrected chi connectivity index (χ1v) is 13.3. The predicted molar refractivity (Wildman–Crippen MR) is 129 cm³/mol. The van der Waals surface area contributed by atoms with Gasteiger partial charge in [-0.15, -0.1) is 0 Å². The van der Waals surface area contributed by atoms with E-state index in [0.717, 1.165) is 53.3 Å². The summed E-state index contributed by atoms with van der Waals surface area (Å²) in [5.41, 5.74) is 10.7. The van der Waals surface area contributed by atoms with Crippen LogP contribution in [0.4, 0.5) is 5.82 Å². The van der Waals surface area contributed by atoms with Crippen LogP contribution < -0.4 is 11.1 Å². The lowest BCUT2D eigenvalue weighted by Gasteiger charge is -2.30. The van der Waals surface area contributed by atoms with Gasteiger partial charge in [-0.2, -0.15) is 9.61 Å². The molecule has 2 atom stereocenters. The molecule has 0 aliphatic carbocycles. The number of fused-ring (bicyclic) bond motifs is 4. The number of nitrogens with one attached hydrogen (secondary N) is 1. The molecule has 0 spiro atoms. The van der Waals surface area contributed by atoms with E-state index in [9.17, 15) is 13.5 Å². The molecule has 3 aromatic heterocycles. The normalized spacial score (nSPS) is 22.6. The maximum Gasteiger partial charge on any atom is 0.180 e. The molecule has 0 radical (unpaired) electrons. The second-order valence-electron chi connectivity index (χ2n) is 9.49. The molecule has 5 heterocycles. The molecule has 2 aliphatic heterocycles. The van der Waals surface area contributed by atoms with Crippen LogP contribution in [0.5, 0.6) is 0 Å². The smallest absolute Gasteiger partial charge is 0.180 e. The lowest BCUT2D eigenvalue weighted by atomic mass is 9.89. The van der Waals surface area contributed by atoms with Crippen molar-refractivity contribution in [3.8, 4) is 11.1 Å². The van der Waals surface area contributed by atoms with Crippen LogP contribution in [0.15, 0.2) is 41.6 Å². The van der Waals surface area contributed by atoms with Crippen LogP contribution in [0.25, 0.3) is 27.7 Å². The number of rotatable bonds is 4. The Balaban J connectivity index is 1.53. The molecule has 0 amide bonds. The van der Waals surface area contributed by atoms with Crippen molar-refractivity contribution in [3.63, 3.8) is 0 Å². The number of benzene rings is 1. The number of sulfone groups is 1. The van der Waals surface area contributed by atoms with E-state index in [1.54, 1.807) is 12.4 Å². The third kappa shape index (κ3) is 3.44. The van der Waals surface area contributed by atoms with E-state index in [-0.39, 0.29) is 23.2 Å². The molecular weight excluding hydrogens is 452 g/mol. The number of aromatic nitrogens is 4. The second kappa shape index (κ2) is 7.72. The van der Waals surface area contributed by atoms with E-state index in [4.69, 9.17) is 10.7 Å². The molecule has 0 saturated carbocycles. The van der Waals surface area contributed by atoms with E-state index in [1.807, 2.05) is 24.3 Å². The summed E-state index contributed by atoms with van der Waals surface area (Å²) in [5.74, 6) is 0.117. The first kappa shape index (κ1) is 21.5. The van der Waals surface area contributed by atoms with E-state index in [1.165, 1.54) is 10.8 Å². The Morgan fingerprint density at radius 2 is 1.94 bits per heavy atom. The van der Waals surface area contributed by atoms with Gasteiger partial charge in [-0.05, 0) is 43.4 Å². The molecule has 2 aliphatic rings. The van der Waals surface area contributed by atoms with Crippen molar-refractivity contribution in [1.82, 2.24) is 24.9 Å². The molecule has 2 unspecified atom stereocenters. The zero-order chi connectivity index (χ0) is 23.6. The zero-order valence-corrected chi connectivity index (χ0v) is 19.6. The number of aliphatic hydroxyl groups is 1. The van der Waals surface area contributed by atoms with E-state index < -0.39 is 9.84 Å². The van der Waals surface area contributed by atoms with Gasteiger partial charge < -0.3 is 16.2 Å². The van der Waals surface area contributed by atoms with Crippen molar-refractivity contribution in [3.05, 3.63) is 47.9 Å². The molecular formula is C24H26N6O3S. The summed E-state index contributed by atoms with van der Waals surface area (Å²) in [6, 6.07) is 8.40. The second-order valence-corrected chi connectivity index (χ2v) is 11.4. The minimum atomic E-state index is -3.61. The number of aliphatic hydroxyl groups excluding tert-OH is 1. The van der Waals surface area contributed by atoms with Crippen LogP contribution in [0.1, 0.15) is 42.9 Å². The Hall–Kier alpha value is -3.08. The van der Waals surface area contributed by atoms with Crippen LogP contribution >= 0.6 is 0 Å². The van der Waals surface area contributed by atoms with Crippen molar-refractivity contribution in [1.29, 1.82) is 0 Å². The average molecular weight is 479 g/mol. The van der Waals surface area contributed by atoms with E-state index in [0.29, 0.717) is 23.4 Å². The van der Waals surface area contributed by atoms with Gasteiger partial charge in [-0.3, -0.25) is 4.98 Å². The lowest BCUT2D eigenvalue weighted by Crippen LogP contribution is -2.38. The number of nitrogens with two attached hydrogens (primary N) is 1. The number of hydrogen-bond donors (Lipinski definition) is 3. The Morgan fingerprint density at radius 3 is 2.65 bits per heavy atom. The molecule has 176 valence electrons. The first-order valence-electron chi connectivity index (χ1n) is 11.4. The highest BCUT2D eigenvalue weighted by Gasteiger charge is 2.38. The van der Waals surface area contributed by atoms with Gasteiger partial charge in [-0.25, -0.2) is 13.4 Å². The molecule has 10 heteroatoms. The topological polar surface area (TPSA) is 136 Å². The Kier molecular flexibility index (Phi) is 4.87. The van der Waals surface area contributed by atoms with Crippen molar-refractivity contribution < 1.29 is 13.5 Å². The minimum Gasteiger partial charge on any atom is -0.392 e. The fraction of sp³-hybridized carbons (Fsp3) is 0.375. The summed E-state index contributed by atoms with van der Waals surface area (Å²) >= 11 is 0. The van der Waals surface area contributed by atoms with Crippen LogP contribution in [0, 0.1) is 0 Å². The average Bonchev–Trinajstić information content (AvgIpc) is 3.40. The van der Waals surface area contributed by atoms with Gasteiger partial charge in [0.1, 0.15) is 10.7 Å². The fourth-order valence-corrected chi connectivity index (χ4v) is 6.63. The van der Waals surface area contributed by atoms with Crippen LogP contribution in [0.3, 0.4) is 0 Å². The Morgan fingerprint density at radius 1 is 1.18 bits per heavy atom. The van der Waals surface area contributed by atoms with E-state index in [2.05, 4.69) is 15.4 Å². The van der Waals surface area contributed by atoms with Gasteiger partial charge in [0.2, 0.25) is 0 Å². The van der Waals surface area contributed by atoms with Gasteiger partial charge >= 0.3 is 0 Å². The summed E-state index contributed by atoms with van der Waals surface area (Å²) in [5, 5.41) is 18.3. The number of hydrogen-bond acceptors (Lipinski definition) is 8. The number of piperidine rings is 1. The van der Waals surface area contributed by atoms with Gasteiger partial charge in [-0.1, -0.05) is 12.1 Å². The summed E-state index contributed by atoms with van der Waals surface area (Å²) < 4.78 is 27.0. The number of pyridine rings is 1. The Labute approximate surface area is 196 Å². The standard InChI is InChI=1S/C24H26N6O3S/c1-34(32,33)22-21(15-8-17-4-5-18(9-15)28-17)29-24-19(11-27-30(24)23(22)25)16-7-14-3-2-13(12-31)6-20(14)26-10-16/h2-3,6-7,10-11,15,17-18,28,31H,4-5,8-9,12,25H2,1H3. The lowest BCUT2D eigenvalue weighted by molar-refractivity contribution is 0.282. The van der Waals surface area contributed by atoms with Crippen molar-refractivity contribution in [2.75, 3.05) is 12.0 Å². The summed E-state index contributed by atoms with van der Waals surface area (Å²) in [6.45, 7) is -0.0412.